The summed E-state index contributed by atoms with van der Waals surface area (Å²) in [6.07, 6.45) is 0.873. The first-order valence-electron chi connectivity index (χ1n) is 6.55. The number of thioether (sulfide) groups is 1. The van der Waals surface area contributed by atoms with Crippen LogP contribution in [-0.2, 0) is 19.1 Å². The Labute approximate surface area is 131 Å². The third-order valence-corrected chi connectivity index (χ3v) is 3.48. The van der Waals surface area contributed by atoms with Crippen LogP contribution in [0.5, 0.6) is 0 Å². The van der Waals surface area contributed by atoms with Gasteiger partial charge in [0.2, 0.25) is 0 Å². The van der Waals surface area contributed by atoms with E-state index in [1.54, 1.807) is 23.9 Å². The van der Waals surface area contributed by atoms with Crippen molar-refractivity contribution >= 4 is 35.5 Å². The molecule has 0 atom stereocenters. The molecule has 0 spiro atoms. The molecule has 1 N–H and O–H groups in total. The fraction of sp³-hybridized carbons (Fsp3) is 0.333. The van der Waals surface area contributed by atoms with Crippen molar-refractivity contribution in [3.05, 3.63) is 29.8 Å². The van der Waals surface area contributed by atoms with Crippen LogP contribution in [0.3, 0.4) is 0 Å². The van der Waals surface area contributed by atoms with Crippen LogP contribution >= 0.6 is 11.8 Å². The molecule has 0 amide bonds. The first kappa shape index (κ1) is 17.9. The number of rotatable bonds is 8. The predicted molar refractivity (Wildman–Crippen MR) is 79.8 cm³/mol. The molecule has 0 aliphatic rings. The Bertz CT molecular complexity index is 564. The lowest BCUT2D eigenvalue weighted by Gasteiger charge is -2.03. The highest BCUT2D eigenvalue weighted by atomic mass is 32.2. The van der Waals surface area contributed by atoms with Crippen LogP contribution in [0.2, 0.25) is 0 Å². The van der Waals surface area contributed by atoms with E-state index in [9.17, 15) is 19.2 Å². The summed E-state index contributed by atoms with van der Waals surface area (Å²) in [5.74, 6) is -3.09. The van der Waals surface area contributed by atoms with Crippen LogP contribution in [0, 0.1) is 0 Å². The Morgan fingerprint density at radius 1 is 0.955 bits per heavy atom. The van der Waals surface area contributed by atoms with Gasteiger partial charge in [-0.3, -0.25) is 19.2 Å². The molecule has 22 heavy (non-hydrogen) atoms. The van der Waals surface area contributed by atoms with E-state index in [4.69, 9.17) is 5.11 Å². The minimum atomic E-state index is -1.15. The third-order valence-electron chi connectivity index (χ3n) is 2.74. The quantitative estimate of drug-likeness (QED) is 0.339. The zero-order chi connectivity index (χ0) is 16.5. The van der Waals surface area contributed by atoms with E-state index < -0.39 is 24.3 Å². The number of ether oxygens (including phenoxy) is 1. The van der Waals surface area contributed by atoms with Gasteiger partial charge < -0.3 is 9.84 Å². The maximum atomic E-state index is 11.9. The number of carbonyl (C=O) groups excluding carboxylic acids is 3. The molecule has 7 heteroatoms. The van der Waals surface area contributed by atoms with Crippen molar-refractivity contribution in [1.82, 2.24) is 0 Å². The van der Waals surface area contributed by atoms with Crippen molar-refractivity contribution in [2.24, 2.45) is 0 Å². The molecule has 1 rings (SSSR count). The Balaban J connectivity index is 2.37. The summed E-state index contributed by atoms with van der Waals surface area (Å²) in [7, 11) is 0. The number of carbonyl (C=O) groups is 4. The van der Waals surface area contributed by atoms with E-state index in [1.807, 2.05) is 18.4 Å². The molecular weight excluding hydrogens is 308 g/mol. The number of carboxylic acids is 1. The van der Waals surface area contributed by atoms with E-state index >= 15 is 0 Å². The van der Waals surface area contributed by atoms with Gasteiger partial charge in [0.15, 0.2) is 5.78 Å². The largest absolute Gasteiger partial charge is 0.481 e. The van der Waals surface area contributed by atoms with Gasteiger partial charge in [-0.1, -0.05) is 12.1 Å². The van der Waals surface area contributed by atoms with Crippen molar-refractivity contribution in [3.8, 4) is 0 Å². The number of Topliss-reactive ketones (excluding diaryl/α,β-unsaturated/α-hetero) is 1. The Morgan fingerprint density at radius 3 is 2.00 bits per heavy atom. The number of esters is 2. The highest BCUT2D eigenvalue weighted by molar-refractivity contribution is 7.98. The molecule has 6 nitrogen and oxygen atoms in total. The van der Waals surface area contributed by atoms with Crippen LogP contribution in [-0.4, -0.2) is 35.1 Å². The molecule has 0 aliphatic heterocycles. The lowest BCUT2D eigenvalue weighted by Crippen LogP contribution is -2.14. The van der Waals surface area contributed by atoms with Gasteiger partial charge in [0.05, 0.1) is 19.3 Å². The van der Waals surface area contributed by atoms with Crippen molar-refractivity contribution in [1.29, 1.82) is 0 Å². The SMILES string of the molecule is CSc1ccc(C(=O)CCC(=O)OC(=O)CCC(=O)O)cc1. The fourth-order valence-electron chi connectivity index (χ4n) is 1.57. The molecule has 0 saturated carbocycles. The first-order chi connectivity index (χ1) is 10.4. The molecule has 0 radical (unpaired) electrons. The number of hydrogen-bond acceptors (Lipinski definition) is 6. The molecule has 0 unspecified atom stereocenters. The molecule has 0 aliphatic carbocycles. The standard InChI is InChI=1S/C15H16O6S/c1-22-11-4-2-10(3-5-11)12(16)6-8-14(19)21-15(20)9-7-13(17)18/h2-5H,6-9H2,1H3,(H,17,18). The number of carboxylic acid groups (broad SMARTS) is 1. The van der Waals surface area contributed by atoms with E-state index in [2.05, 4.69) is 4.74 Å². The molecule has 1 aromatic carbocycles. The summed E-state index contributed by atoms with van der Waals surface area (Å²) in [5, 5.41) is 8.40. The molecule has 0 aromatic heterocycles. The van der Waals surface area contributed by atoms with Crippen LogP contribution in [0.15, 0.2) is 29.2 Å². The van der Waals surface area contributed by atoms with Crippen molar-refractivity contribution < 1.29 is 29.0 Å². The van der Waals surface area contributed by atoms with Crippen molar-refractivity contribution in [3.63, 3.8) is 0 Å². The maximum Gasteiger partial charge on any atom is 0.314 e. The Kier molecular flexibility index (Phi) is 7.31. The smallest absolute Gasteiger partial charge is 0.314 e. The van der Waals surface area contributed by atoms with Crippen molar-refractivity contribution in [2.45, 2.75) is 30.6 Å². The second kappa shape index (κ2) is 8.99. The average molecular weight is 324 g/mol. The van der Waals surface area contributed by atoms with Gasteiger partial charge in [0, 0.05) is 16.9 Å². The van der Waals surface area contributed by atoms with Crippen LogP contribution in [0.25, 0.3) is 0 Å². The van der Waals surface area contributed by atoms with E-state index in [1.165, 1.54) is 0 Å². The van der Waals surface area contributed by atoms with Crippen LogP contribution in [0.4, 0.5) is 0 Å². The number of ketones is 1. The summed E-state index contributed by atoms with van der Waals surface area (Å²) in [6, 6.07) is 6.98. The van der Waals surface area contributed by atoms with Gasteiger partial charge in [0.1, 0.15) is 0 Å². The number of aliphatic carboxylic acids is 1. The molecule has 1 aromatic rings. The summed E-state index contributed by atoms with van der Waals surface area (Å²) >= 11 is 1.56. The molecule has 0 fully saturated rings. The topological polar surface area (TPSA) is 97.7 Å². The zero-order valence-electron chi connectivity index (χ0n) is 12.0. The molecule has 0 saturated heterocycles. The number of benzene rings is 1. The van der Waals surface area contributed by atoms with Gasteiger partial charge in [-0.15, -0.1) is 11.8 Å². The van der Waals surface area contributed by atoms with Crippen molar-refractivity contribution in [2.75, 3.05) is 6.26 Å². The monoisotopic (exact) mass is 324 g/mol. The average Bonchev–Trinajstić information content (AvgIpc) is 2.50. The Hall–Kier alpha value is -2.15. The first-order valence-corrected chi connectivity index (χ1v) is 7.77. The van der Waals surface area contributed by atoms with E-state index in [-0.39, 0.29) is 25.0 Å². The normalized spacial score (nSPS) is 10.0. The summed E-state index contributed by atoms with van der Waals surface area (Å²) in [5.41, 5.74) is 0.489. The minimum absolute atomic E-state index is 0.0658. The summed E-state index contributed by atoms with van der Waals surface area (Å²) < 4.78 is 4.43. The second-order valence-electron chi connectivity index (χ2n) is 4.39. The highest BCUT2D eigenvalue weighted by Crippen LogP contribution is 2.16. The number of hydrogen-bond donors (Lipinski definition) is 1. The van der Waals surface area contributed by atoms with E-state index in [0.717, 1.165) is 4.90 Å². The van der Waals surface area contributed by atoms with Crippen LogP contribution < -0.4 is 0 Å². The maximum absolute atomic E-state index is 11.9. The molecule has 0 heterocycles. The summed E-state index contributed by atoms with van der Waals surface area (Å²) in [6.45, 7) is 0. The minimum Gasteiger partial charge on any atom is -0.481 e. The third kappa shape index (κ3) is 6.53. The molecule has 0 bridgehead atoms. The molecular formula is C15H16O6S. The second-order valence-corrected chi connectivity index (χ2v) is 5.27. The van der Waals surface area contributed by atoms with Gasteiger partial charge in [-0.2, -0.15) is 0 Å². The summed E-state index contributed by atoms with van der Waals surface area (Å²) in [4.78, 5) is 45.7. The highest BCUT2D eigenvalue weighted by Gasteiger charge is 2.14. The molecule has 118 valence electrons. The van der Waals surface area contributed by atoms with Gasteiger partial charge in [-0.05, 0) is 18.4 Å². The zero-order valence-corrected chi connectivity index (χ0v) is 12.9. The van der Waals surface area contributed by atoms with Gasteiger partial charge in [0.25, 0.3) is 0 Å². The fourth-order valence-corrected chi connectivity index (χ4v) is 1.98. The van der Waals surface area contributed by atoms with Gasteiger partial charge in [-0.25, -0.2) is 0 Å². The lowest BCUT2D eigenvalue weighted by molar-refractivity contribution is -0.160. The Morgan fingerprint density at radius 2 is 1.50 bits per heavy atom. The van der Waals surface area contributed by atoms with Crippen LogP contribution in [0.1, 0.15) is 36.0 Å². The van der Waals surface area contributed by atoms with E-state index in [0.29, 0.717) is 5.56 Å². The predicted octanol–water partition coefficient (Wildman–Crippen LogP) is 2.31. The lowest BCUT2D eigenvalue weighted by atomic mass is 10.1. The van der Waals surface area contributed by atoms with Gasteiger partial charge >= 0.3 is 17.9 Å².